The van der Waals surface area contributed by atoms with Crippen LogP contribution in [0, 0.1) is 5.82 Å². The molecule has 1 atom stereocenters. The van der Waals surface area contributed by atoms with Gasteiger partial charge < -0.3 is 15.5 Å². The van der Waals surface area contributed by atoms with Crippen molar-refractivity contribution in [2.24, 2.45) is 0 Å². The number of halogens is 1. The fourth-order valence-corrected chi connectivity index (χ4v) is 5.67. The van der Waals surface area contributed by atoms with Crippen LogP contribution in [0.1, 0.15) is 32.7 Å². The first-order valence-electron chi connectivity index (χ1n) is 12.5. The van der Waals surface area contributed by atoms with E-state index in [4.69, 9.17) is 0 Å². The van der Waals surface area contributed by atoms with Crippen LogP contribution in [-0.2, 0) is 29.5 Å². The van der Waals surface area contributed by atoms with Crippen LogP contribution in [0.5, 0.6) is 0 Å². The van der Waals surface area contributed by atoms with Crippen molar-refractivity contribution in [2.75, 3.05) is 29.1 Å². The van der Waals surface area contributed by atoms with E-state index in [1.165, 1.54) is 23.6 Å². The highest BCUT2D eigenvalue weighted by Crippen LogP contribution is 2.47. The summed E-state index contributed by atoms with van der Waals surface area (Å²) in [5, 5.41) is 6.23. The lowest BCUT2D eigenvalue weighted by molar-refractivity contribution is -0.120. The number of amides is 1. The van der Waals surface area contributed by atoms with Crippen LogP contribution in [-0.4, -0.2) is 35.8 Å². The second kappa shape index (κ2) is 9.37. The molecule has 1 aromatic heterocycles. The summed E-state index contributed by atoms with van der Waals surface area (Å²) in [5.41, 5.74) is 7.30. The summed E-state index contributed by atoms with van der Waals surface area (Å²) in [6.07, 6.45) is 4.39. The number of benzene rings is 3. The minimum atomic E-state index is -0.517. The van der Waals surface area contributed by atoms with E-state index in [-0.39, 0.29) is 11.7 Å². The second-order valence-electron chi connectivity index (χ2n) is 9.93. The van der Waals surface area contributed by atoms with E-state index in [0.717, 1.165) is 41.0 Å². The quantitative estimate of drug-likeness (QED) is 0.386. The number of anilines is 4. The van der Waals surface area contributed by atoms with Crippen LogP contribution >= 0.6 is 0 Å². The predicted octanol–water partition coefficient (Wildman–Crippen LogP) is 4.84. The van der Waals surface area contributed by atoms with Crippen LogP contribution in [0.15, 0.2) is 73.1 Å². The molecule has 0 saturated carbocycles. The van der Waals surface area contributed by atoms with Gasteiger partial charge in [0.2, 0.25) is 5.91 Å². The normalized spacial score (nSPS) is 18.3. The maximum Gasteiger partial charge on any atom is 0.235 e. The van der Waals surface area contributed by atoms with E-state index >= 15 is 0 Å². The van der Waals surface area contributed by atoms with Crippen molar-refractivity contribution in [2.45, 2.75) is 24.7 Å². The fraction of sp³-hybridized carbons (Fsp3) is 0.200. The second-order valence-corrected chi connectivity index (χ2v) is 9.93. The molecule has 1 aliphatic carbocycles. The summed E-state index contributed by atoms with van der Waals surface area (Å²) < 4.78 is 12.7. The molecule has 2 aliphatic heterocycles. The summed E-state index contributed by atoms with van der Waals surface area (Å²) in [4.78, 5) is 33.8. The van der Waals surface area contributed by atoms with E-state index in [9.17, 15) is 14.0 Å². The summed E-state index contributed by atoms with van der Waals surface area (Å²) in [6, 6.07) is 20.6. The van der Waals surface area contributed by atoms with Crippen molar-refractivity contribution < 1.29 is 14.0 Å². The lowest BCUT2D eigenvalue weighted by Gasteiger charge is -2.20. The smallest absolute Gasteiger partial charge is 0.235 e. The Balaban J connectivity index is 0.000000200. The lowest BCUT2D eigenvalue weighted by atomic mass is 9.79. The number of aromatic nitrogens is 2. The monoisotopic (exact) mass is 507 g/mol. The highest BCUT2D eigenvalue weighted by Gasteiger charge is 2.50. The Hall–Kier alpha value is -4.59. The Morgan fingerprint density at radius 3 is 2.71 bits per heavy atom. The van der Waals surface area contributed by atoms with Gasteiger partial charge in [0.15, 0.2) is 6.29 Å². The molecule has 3 aromatic carbocycles. The molecule has 7 rings (SSSR count). The summed E-state index contributed by atoms with van der Waals surface area (Å²) in [7, 11) is 2.03. The molecular formula is C30H26FN5O2. The first kappa shape index (κ1) is 23.8. The van der Waals surface area contributed by atoms with Gasteiger partial charge in [-0.05, 0) is 77.9 Å². The molecular weight excluding hydrogens is 481 g/mol. The molecule has 8 heteroatoms. The number of aldehydes is 1. The molecule has 1 spiro atoms. The summed E-state index contributed by atoms with van der Waals surface area (Å²) in [6.45, 7) is 1.01. The maximum absolute atomic E-state index is 12.8. The molecule has 0 fully saturated rings. The van der Waals surface area contributed by atoms with Gasteiger partial charge in [-0.1, -0.05) is 24.3 Å². The zero-order valence-corrected chi connectivity index (χ0v) is 20.9. The molecule has 38 heavy (non-hydrogen) atoms. The molecule has 0 bridgehead atoms. The van der Waals surface area contributed by atoms with E-state index in [1.807, 2.05) is 43.4 Å². The molecule has 3 heterocycles. The van der Waals surface area contributed by atoms with Gasteiger partial charge in [-0.15, -0.1) is 0 Å². The summed E-state index contributed by atoms with van der Waals surface area (Å²) >= 11 is 0. The molecule has 190 valence electrons. The third-order valence-corrected chi connectivity index (χ3v) is 7.57. The number of hydrogen-bond acceptors (Lipinski definition) is 6. The van der Waals surface area contributed by atoms with Gasteiger partial charge in [-0.2, -0.15) is 0 Å². The first-order valence-corrected chi connectivity index (χ1v) is 12.5. The van der Waals surface area contributed by atoms with E-state index in [0.29, 0.717) is 30.6 Å². The van der Waals surface area contributed by atoms with Crippen LogP contribution < -0.4 is 15.5 Å². The van der Waals surface area contributed by atoms with Gasteiger partial charge >= 0.3 is 0 Å². The van der Waals surface area contributed by atoms with Gasteiger partial charge in [-0.25, -0.2) is 14.4 Å². The average Bonchev–Trinajstić information content (AvgIpc) is 3.57. The number of carbonyl (C=O) groups is 2. The molecule has 1 amide bonds. The van der Waals surface area contributed by atoms with Gasteiger partial charge in [0, 0.05) is 36.7 Å². The van der Waals surface area contributed by atoms with Crippen molar-refractivity contribution >= 4 is 35.1 Å². The third kappa shape index (κ3) is 4.18. The standard InChI is InChI=1S/C21H16N4O2.C9H10FN/c26-11-16-8-19(23-12-22-16)24-15-6-5-13-9-21(10-14(13)7-15)17-3-1-2-4-18(17)25-20(21)27;1-11-5-4-7-6-8(10)2-3-9(7)11/h1-8,11-12H,9-10H2,(H,25,27)(H,22,23,24);2-3,6H,4-5H2,1H3. The number of para-hydroxylation sites is 1. The number of likely N-dealkylation sites (N-methyl/N-ethyl adjacent to an activating group) is 1. The molecule has 0 saturated heterocycles. The number of nitrogens with one attached hydrogen (secondary N) is 2. The molecule has 4 aromatic rings. The fourth-order valence-electron chi connectivity index (χ4n) is 5.67. The Bertz CT molecular complexity index is 1570. The highest BCUT2D eigenvalue weighted by atomic mass is 19.1. The molecule has 1 unspecified atom stereocenters. The van der Waals surface area contributed by atoms with Crippen molar-refractivity contribution in [3.05, 3.63) is 107 Å². The number of nitrogens with zero attached hydrogens (tertiary/aromatic N) is 3. The van der Waals surface area contributed by atoms with E-state index in [2.05, 4.69) is 37.6 Å². The van der Waals surface area contributed by atoms with Crippen molar-refractivity contribution in [3.63, 3.8) is 0 Å². The Morgan fingerprint density at radius 2 is 1.84 bits per heavy atom. The highest BCUT2D eigenvalue weighted by molar-refractivity contribution is 6.07. The van der Waals surface area contributed by atoms with Gasteiger partial charge in [0.25, 0.3) is 0 Å². The topological polar surface area (TPSA) is 87.2 Å². The van der Waals surface area contributed by atoms with E-state index < -0.39 is 5.41 Å². The van der Waals surface area contributed by atoms with Gasteiger partial charge in [0.1, 0.15) is 23.7 Å². The lowest BCUT2D eigenvalue weighted by Crippen LogP contribution is -2.35. The van der Waals surface area contributed by atoms with Crippen LogP contribution in [0.25, 0.3) is 0 Å². The van der Waals surface area contributed by atoms with E-state index in [1.54, 1.807) is 12.1 Å². The summed E-state index contributed by atoms with van der Waals surface area (Å²) in [5.74, 6) is 0.503. The molecule has 7 nitrogen and oxygen atoms in total. The zero-order chi connectivity index (χ0) is 26.3. The Morgan fingerprint density at radius 1 is 1.00 bits per heavy atom. The molecule has 0 radical (unpaired) electrons. The van der Waals surface area contributed by atoms with Crippen molar-refractivity contribution in [1.82, 2.24) is 9.97 Å². The Labute approximate surface area is 219 Å². The van der Waals surface area contributed by atoms with Gasteiger partial charge in [-0.3, -0.25) is 9.59 Å². The number of rotatable bonds is 3. The molecule has 2 N–H and O–H groups in total. The van der Waals surface area contributed by atoms with Crippen LogP contribution in [0.3, 0.4) is 0 Å². The SMILES string of the molecule is CN1CCc2cc(F)ccc21.O=Cc1cc(Nc2ccc3c(c2)CC2(C3)C(=O)Nc3ccccc32)ncn1. The van der Waals surface area contributed by atoms with Gasteiger partial charge in [0.05, 0.1) is 5.41 Å². The zero-order valence-electron chi connectivity index (χ0n) is 20.9. The maximum atomic E-state index is 12.8. The van der Waals surface area contributed by atoms with Crippen molar-refractivity contribution in [1.29, 1.82) is 0 Å². The predicted molar refractivity (Wildman–Crippen MR) is 145 cm³/mol. The Kier molecular flexibility index (Phi) is 5.87. The largest absolute Gasteiger partial charge is 0.374 e. The average molecular weight is 508 g/mol. The first-order chi connectivity index (χ1) is 18.4. The minimum absolute atomic E-state index is 0.0702. The van der Waals surface area contributed by atoms with Crippen molar-refractivity contribution in [3.8, 4) is 0 Å². The van der Waals surface area contributed by atoms with Crippen LogP contribution in [0.2, 0.25) is 0 Å². The molecule has 3 aliphatic rings. The number of fused-ring (bicyclic) bond motifs is 4. The number of carbonyl (C=O) groups excluding carboxylic acids is 2. The number of hydrogen-bond donors (Lipinski definition) is 2. The minimum Gasteiger partial charge on any atom is -0.374 e. The third-order valence-electron chi connectivity index (χ3n) is 7.57. The van der Waals surface area contributed by atoms with Crippen LogP contribution in [0.4, 0.5) is 27.3 Å².